The number of hydrogen-bond acceptors (Lipinski definition) is 5. The minimum atomic E-state index is -0.406. The number of β-amino-alcohol motifs (C(OH)–C–C–N with tert-alkyl or cyclic N) is 1. The molecular formula is C19H29N3O3. The summed E-state index contributed by atoms with van der Waals surface area (Å²) in [7, 11) is 0. The van der Waals surface area contributed by atoms with Crippen LogP contribution in [0.2, 0.25) is 0 Å². The summed E-state index contributed by atoms with van der Waals surface area (Å²) in [4.78, 5) is 15.5. The van der Waals surface area contributed by atoms with Gasteiger partial charge in [-0.2, -0.15) is 0 Å². The third-order valence-corrected chi connectivity index (χ3v) is 5.42. The summed E-state index contributed by atoms with van der Waals surface area (Å²) in [5, 5.41) is 21.8. The van der Waals surface area contributed by atoms with Crippen LogP contribution in [-0.4, -0.2) is 58.2 Å². The van der Waals surface area contributed by atoms with Crippen molar-refractivity contribution in [2.75, 3.05) is 26.2 Å². The van der Waals surface area contributed by atoms with Crippen LogP contribution in [0.5, 0.6) is 0 Å². The van der Waals surface area contributed by atoms with Crippen LogP contribution in [0.3, 0.4) is 0 Å². The summed E-state index contributed by atoms with van der Waals surface area (Å²) >= 11 is 0. The van der Waals surface area contributed by atoms with Gasteiger partial charge < -0.3 is 10.0 Å². The molecule has 1 aliphatic heterocycles. The highest BCUT2D eigenvalue weighted by Crippen LogP contribution is 2.30. The first-order valence-electron chi connectivity index (χ1n) is 9.39. The molecule has 1 heterocycles. The highest BCUT2D eigenvalue weighted by atomic mass is 16.6. The van der Waals surface area contributed by atoms with E-state index in [-0.39, 0.29) is 10.6 Å². The Hall–Kier alpha value is -1.50. The van der Waals surface area contributed by atoms with Gasteiger partial charge in [0.05, 0.1) is 11.0 Å². The van der Waals surface area contributed by atoms with Crippen molar-refractivity contribution in [1.29, 1.82) is 0 Å². The van der Waals surface area contributed by atoms with Gasteiger partial charge in [-0.1, -0.05) is 25.1 Å². The molecule has 1 unspecified atom stereocenters. The van der Waals surface area contributed by atoms with Gasteiger partial charge in [0.2, 0.25) is 0 Å². The number of likely N-dealkylation sites (tertiary alicyclic amines) is 1. The van der Waals surface area contributed by atoms with Crippen LogP contribution in [0.1, 0.15) is 38.2 Å². The Labute approximate surface area is 149 Å². The molecule has 3 rings (SSSR count). The fourth-order valence-corrected chi connectivity index (χ4v) is 3.69. The highest BCUT2D eigenvalue weighted by molar-refractivity contribution is 5.39. The summed E-state index contributed by atoms with van der Waals surface area (Å²) in [6, 6.07) is 7.39. The third kappa shape index (κ3) is 5.23. The van der Waals surface area contributed by atoms with Crippen molar-refractivity contribution in [2.45, 2.75) is 51.3 Å². The predicted octanol–water partition coefficient (Wildman–Crippen LogP) is 2.65. The van der Waals surface area contributed by atoms with Crippen molar-refractivity contribution >= 4 is 5.69 Å². The molecule has 0 spiro atoms. The smallest absolute Gasteiger partial charge is 0.273 e. The average molecular weight is 347 g/mol. The normalized spacial score (nSPS) is 20.8. The topological polar surface area (TPSA) is 69.8 Å². The van der Waals surface area contributed by atoms with Crippen LogP contribution in [-0.2, 0) is 6.54 Å². The molecule has 1 atom stereocenters. The molecule has 0 aromatic heterocycles. The lowest BCUT2D eigenvalue weighted by molar-refractivity contribution is -0.385. The van der Waals surface area contributed by atoms with Gasteiger partial charge in [0.15, 0.2) is 0 Å². The minimum Gasteiger partial charge on any atom is -0.390 e. The van der Waals surface area contributed by atoms with Crippen LogP contribution in [0, 0.1) is 16.0 Å². The van der Waals surface area contributed by atoms with Gasteiger partial charge in [-0.3, -0.25) is 15.0 Å². The van der Waals surface area contributed by atoms with E-state index in [1.165, 1.54) is 12.8 Å². The molecule has 138 valence electrons. The number of nitro groups is 1. The molecule has 0 radical (unpaired) electrons. The lowest BCUT2D eigenvalue weighted by Crippen LogP contribution is -2.43. The number of nitrogens with zero attached hydrogens (tertiary/aromatic N) is 3. The fourth-order valence-electron chi connectivity index (χ4n) is 3.69. The Balaban J connectivity index is 1.57. The predicted molar refractivity (Wildman–Crippen MR) is 97.4 cm³/mol. The summed E-state index contributed by atoms with van der Waals surface area (Å²) in [5.74, 6) is 0.787. The monoisotopic (exact) mass is 347 g/mol. The van der Waals surface area contributed by atoms with E-state index in [2.05, 4.69) is 16.7 Å². The molecule has 0 bridgehead atoms. The lowest BCUT2D eigenvalue weighted by Gasteiger charge is -2.33. The van der Waals surface area contributed by atoms with Gasteiger partial charge in [-0.05, 0) is 44.7 Å². The number of piperidine rings is 1. The maximum absolute atomic E-state index is 11.2. The molecule has 25 heavy (non-hydrogen) atoms. The lowest BCUT2D eigenvalue weighted by atomic mass is 9.99. The zero-order valence-electron chi connectivity index (χ0n) is 15.0. The molecule has 1 N–H and O–H groups in total. The highest BCUT2D eigenvalue weighted by Gasteiger charge is 2.32. The maximum atomic E-state index is 11.2. The zero-order chi connectivity index (χ0) is 17.8. The molecule has 1 aromatic carbocycles. The first-order valence-corrected chi connectivity index (χ1v) is 9.39. The van der Waals surface area contributed by atoms with Gasteiger partial charge in [0, 0.05) is 37.3 Å². The molecule has 2 fully saturated rings. The van der Waals surface area contributed by atoms with E-state index in [1.54, 1.807) is 12.1 Å². The Morgan fingerprint density at radius 1 is 1.28 bits per heavy atom. The summed E-state index contributed by atoms with van der Waals surface area (Å²) < 4.78 is 0. The van der Waals surface area contributed by atoms with E-state index in [0.29, 0.717) is 25.7 Å². The number of nitro benzene ring substituents is 1. The second-order valence-corrected chi connectivity index (χ2v) is 7.68. The van der Waals surface area contributed by atoms with Gasteiger partial charge in [-0.15, -0.1) is 0 Å². The number of para-hydroxylation sites is 1. The average Bonchev–Trinajstić information content (AvgIpc) is 3.41. The number of benzene rings is 1. The SMILES string of the molecule is CC1CCN(CC(O)CN(Cc2ccccc2[N+](=O)[O-])C2CC2)CC1. The summed E-state index contributed by atoms with van der Waals surface area (Å²) in [5.41, 5.74) is 0.908. The van der Waals surface area contributed by atoms with Gasteiger partial charge in [0.25, 0.3) is 5.69 Å². The van der Waals surface area contributed by atoms with Gasteiger partial charge >= 0.3 is 0 Å². The summed E-state index contributed by atoms with van der Waals surface area (Å²) in [6.07, 6.45) is 4.24. The van der Waals surface area contributed by atoms with E-state index < -0.39 is 6.10 Å². The van der Waals surface area contributed by atoms with Crippen molar-refractivity contribution in [3.63, 3.8) is 0 Å². The Morgan fingerprint density at radius 2 is 1.96 bits per heavy atom. The van der Waals surface area contributed by atoms with Crippen LogP contribution >= 0.6 is 0 Å². The van der Waals surface area contributed by atoms with Crippen molar-refractivity contribution in [3.05, 3.63) is 39.9 Å². The molecule has 1 aliphatic carbocycles. The first-order chi connectivity index (χ1) is 12.0. The Bertz CT molecular complexity index is 583. The molecular weight excluding hydrogens is 318 g/mol. The molecule has 6 heteroatoms. The molecule has 0 amide bonds. The van der Waals surface area contributed by atoms with E-state index in [0.717, 1.165) is 37.4 Å². The molecule has 1 aromatic rings. The Kier molecular flexibility index (Phi) is 6.04. The van der Waals surface area contributed by atoms with Crippen molar-refractivity contribution < 1.29 is 10.0 Å². The van der Waals surface area contributed by atoms with E-state index >= 15 is 0 Å². The third-order valence-electron chi connectivity index (χ3n) is 5.42. The quantitative estimate of drug-likeness (QED) is 0.578. The van der Waals surface area contributed by atoms with Gasteiger partial charge in [-0.25, -0.2) is 0 Å². The van der Waals surface area contributed by atoms with Crippen molar-refractivity contribution in [2.24, 2.45) is 5.92 Å². The number of aliphatic hydroxyl groups is 1. The van der Waals surface area contributed by atoms with Crippen LogP contribution in [0.4, 0.5) is 5.69 Å². The summed E-state index contributed by atoms with van der Waals surface area (Å²) in [6.45, 7) is 6.23. The van der Waals surface area contributed by atoms with E-state index in [4.69, 9.17) is 0 Å². The first kappa shape index (κ1) is 18.3. The van der Waals surface area contributed by atoms with E-state index in [9.17, 15) is 15.2 Å². The number of hydrogen-bond donors (Lipinski definition) is 1. The molecule has 1 saturated heterocycles. The van der Waals surface area contributed by atoms with Crippen LogP contribution in [0.15, 0.2) is 24.3 Å². The Morgan fingerprint density at radius 3 is 2.60 bits per heavy atom. The second kappa shape index (κ2) is 8.25. The van der Waals surface area contributed by atoms with Gasteiger partial charge in [0.1, 0.15) is 0 Å². The fraction of sp³-hybridized carbons (Fsp3) is 0.684. The van der Waals surface area contributed by atoms with Crippen LogP contribution < -0.4 is 0 Å². The molecule has 6 nitrogen and oxygen atoms in total. The standard InChI is InChI=1S/C19H29N3O3/c1-15-8-10-20(11-9-15)13-18(23)14-21(17-6-7-17)12-16-4-2-3-5-19(16)22(24)25/h2-5,15,17-18,23H,6-14H2,1H3. The van der Waals surface area contributed by atoms with Crippen molar-refractivity contribution in [1.82, 2.24) is 9.80 Å². The maximum Gasteiger partial charge on any atom is 0.273 e. The largest absolute Gasteiger partial charge is 0.390 e. The van der Waals surface area contributed by atoms with E-state index in [1.807, 2.05) is 12.1 Å². The second-order valence-electron chi connectivity index (χ2n) is 7.68. The zero-order valence-corrected chi connectivity index (χ0v) is 15.0. The van der Waals surface area contributed by atoms with Crippen LogP contribution in [0.25, 0.3) is 0 Å². The molecule has 2 aliphatic rings. The number of rotatable bonds is 8. The molecule has 1 saturated carbocycles. The number of aliphatic hydroxyl groups excluding tert-OH is 1. The van der Waals surface area contributed by atoms with Crippen molar-refractivity contribution in [3.8, 4) is 0 Å². The minimum absolute atomic E-state index is 0.174.